The Morgan fingerprint density at radius 1 is 1.04 bits per heavy atom. The van der Waals surface area contributed by atoms with Crippen LogP contribution in [0, 0.1) is 0 Å². The van der Waals surface area contributed by atoms with E-state index in [-0.39, 0.29) is 11.9 Å². The number of piperazine rings is 1. The molecule has 0 saturated carbocycles. The van der Waals surface area contributed by atoms with E-state index in [1.165, 1.54) is 5.56 Å². The first-order valence-electron chi connectivity index (χ1n) is 9.90. The maximum absolute atomic E-state index is 12.5. The van der Waals surface area contributed by atoms with Crippen LogP contribution >= 0.6 is 0 Å². The summed E-state index contributed by atoms with van der Waals surface area (Å²) in [4.78, 5) is 25.0. The van der Waals surface area contributed by atoms with Gasteiger partial charge in [0.05, 0.1) is 23.6 Å². The van der Waals surface area contributed by atoms with Crippen LogP contribution in [0.25, 0.3) is 11.0 Å². The third kappa shape index (κ3) is 4.58. The fourth-order valence-electron chi connectivity index (χ4n) is 3.68. The maximum atomic E-state index is 12.5. The number of amides is 1. The van der Waals surface area contributed by atoms with Crippen LogP contribution < -0.4 is 5.32 Å². The molecule has 6 heteroatoms. The molecule has 6 nitrogen and oxygen atoms in total. The summed E-state index contributed by atoms with van der Waals surface area (Å²) in [5.74, 6) is 0.840. The molecule has 0 bridgehead atoms. The highest BCUT2D eigenvalue weighted by Crippen LogP contribution is 2.15. The van der Waals surface area contributed by atoms with Crippen LogP contribution in [0.2, 0.25) is 0 Å². The molecule has 28 heavy (non-hydrogen) atoms. The maximum Gasteiger partial charge on any atom is 0.234 e. The number of benzene rings is 2. The molecule has 2 aromatic carbocycles. The van der Waals surface area contributed by atoms with Crippen molar-refractivity contribution in [2.24, 2.45) is 0 Å². The summed E-state index contributed by atoms with van der Waals surface area (Å²) in [6, 6.07) is 18.3. The number of nitrogens with one attached hydrogen (secondary N) is 2. The van der Waals surface area contributed by atoms with E-state index in [1.54, 1.807) is 0 Å². The Kier molecular flexibility index (Phi) is 5.69. The molecule has 4 rings (SSSR count). The summed E-state index contributed by atoms with van der Waals surface area (Å²) in [7, 11) is 0. The van der Waals surface area contributed by atoms with Gasteiger partial charge in [0.2, 0.25) is 5.91 Å². The lowest BCUT2D eigenvalue weighted by Gasteiger charge is -2.34. The fraction of sp³-hybridized carbons (Fsp3) is 0.364. The molecule has 3 aromatic rings. The van der Waals surface area contributed by atoms with Crippen LogP contribution in [0.1, 0.15) is 24.4 Å². The Bertz CT molecular complexity index is 882. The molecule has 1 saturated heterocycles. The molecular weight excluding hydrogens is 350 g/mol. The molecule has 1 unspecified atom stereocenters. The van der Waals surface area contributed by atoms with Gasteiger partial charge in [-0.1, -0.05) is 42.5 Å². The van der Waals surface area contributed by atoms with Crippen molar-refractivity contribution >= 4 is 16.9 Å². The molecule has 1 fully saturated rings. The Morgan fingerprint density at radius 3 is 2.46 bits per heavy atom. The number of rotatable bonds is 6. The number of fused-ring (bicyclic) bond motifs is 1. The molecule has 0 radical (unpaired) electrons. The lowest BCUT2D eigenvalue weighted by molar-refractivity contribution is -0.123. The largest absolute Gasteiger partial charge is 0.345 e. The van der Waals surface area contributed by atoms with Crippen LogP contribution in [0.15, 0.2) is 54.6 Å². The number of H-pyrrole nitrogens is 1. The van der Waals surface area contributed by atoms with Gasteiger partial charge < -0.3 is 10.3 Å². The number of nitrogens with zero attached hydrogens (tertiary/aromatic N) is 3. The Labute approximate surface area is 165 Å². The second-order valence-electron chi connectivity index (χ2n) is 7.47. The summed E-state index contributed by atoms with van der Waals surface area (Å²) in [5.41, 5.74) is 3.26. The van der Waals surface area contributed by atoms with E-state index in [0.717, 1.165) is 49.6 Å². The number of aromatic amines is 1. The van der Waals surface area contributed by atoms with E-state index in [2.05, 4.69) is 49.4 Å². The van der Waals surface area contributed by atoms with Crippen molar-refractivity contribution in [2.75, 3.05) is 32.7 Å². The summed E-state index contributed by atoms with van der Waals surface area (Å²) < 4.78 is 0. The minimum absolute atomic E-state index is 0.0458. The highest BCUT2D eigenvalue weighted by Gasteiger charge is 2.20. The summed E-state index contributed by atoms with van der Waals surface area (Å²) >= 11 is 0. The normalized spacial score (nSPS) is 16.9. The summed E-state index contributed by atoms with van der Waals surface area (Å²) in [5, 5.41) is 3.07. The lowest BCUT2D eigenvalue weighted by Crippen LogP contribution is -2.49. The van der Waals surface area contributed by atoms with Crippen molar-refractivity contribution in [1.29, 1.82) is 0 Å². The second-order valence-corrected chi connectivity index (χ2v) is 7.47. The SMILES string of the molecule is CC(NC(=O)CN1CCN(Cc2ccccc2)CC1)c1nc2ccccc2[nH]1. The van der Waals surface area contributed by atoms with E-state index in [4.69, 9.17) is 0 Å². The Morgan fingerprint density at radius 2 is 1.71 bits per heavy atom. The average molecular weight is 377 g/mol. The van der Waals surface area contributed by atoms with E-state index >= 15 is 0 Å². The second kappa shape index (κ2) is 8.54. The van der Waals surface area contributed by atoms with Gasteiger partial charge in [0.15, 0.2) is 0 Å². The van der Waals surface area contributed by atoms with E-state index in [9.17, 15) is 4.79 Å². The molecule has 0 aliphatic carbocycles. The summed E-state index contributed by atoms with van der Waals surface area (Å²) in [6.45, 7) is 7.18. The van der Waals surface area contributed by atoms with Crippen molar-refractivity contribution in [3.63, 3.8) is 0 Å². The molecule has 2 N–H and O–H groups in total. The number of hydrogen-bond donors (Lipinski definition) is 2. The molecule has 1 aliphatic heterocycles. The number of aromatic nitrogens is 2. The number of carbonyl (C=O) groups excluding carboxylic acids is 1. The number of carbonyl (C=O) groups is 1. The van der Waals surface area contributed by atoms with Crippen LogP contribution in [0.3, 0.4) is 0 Å². The highest BCUT2D eigenvalue weighted by atomic mass is 16.2. The standard InChI is InChI=1S/C22H27N5O/c1-17(22-24-19-9-5-6-10-20(19)25-22)23-21(28)16-27-13-11-26(12-14-27)15-18-7-3-2-4-8-18/h2-10,17H,11-16H2,1H3,(H,23,28)(H,24,25). The lowest BCUT2D eigenvalue weighted by atomic mass is 10.2. The first kappa shape index (κ1) is 18.7. The molecule has 1 atom stereocenters. The predicted octanol–water partition coefficient (Wildman–Crippen LogP) is 2.56. The number of hydrogen-bond acceptors (Lipinski definition) is 4. The van der Waals surface area contributed by atoms with E-state index in [1.807, 2.05) is 37.3 Å². The third-order valence-corrected chi connectivity index (χ3v) is 5.28. The van der Waals surface area contributed by atoms with Gasteiger partial charge in [-0.3, -0.25) is 14.6 Å². The zero-order valence-electron chi connectivity index (χ0n) is 16.3. The molecule has 0 spiro atoms. The zero-order valence-corrected chi connectivity index (χ0v) is 16.3. The number of para-hydroxylation sites is 2. The van der Waals surface area contributed by atoms with Crippen molar-refractivity contribution in [2.45, 2.75) is 19.5 Å². The van der Waals surface area contributed by atoms with Crippen molar-refractivity contribution in [1.82, 2.24) is 25.1 Å². The van der Waals surface area contributed by atoms with Crippen LogP contribution in [-0.2, 0) is 11.3 Å². The molecule has 1 aliphatic rings. The van der Waals surface area contributed by atoms with E-state index < -0.39 is 0 Å². The average Bonchev–Trinajstić information content (AvgIpc) is 3.15. The Hall–Kier alpha value is -2.70. The minimum atomic E-state index is -0.140. The van der Waals surface area contributed by atoms with Crippen LogP contribution in [0.5, 0.6) is 0 Å². The monoisotopic (exact) mass is 377 g/mol. The fourth-order valence-corrected chi connectivity index (χ4v) is 3.68. The third-order valence-electron chi connectivity index (χ3n) is 5.28. The van der Waals surface area contributed by atoms with Crippen molar-refractivity contribution in [3.8, 4) is 0 Å². The smallest absolute Gasteiger partial charge is 0.234 e. The Balaban J connectivity index is 1.24. The van der Waals surface area contributed by atoms with Gasteiger partial charge in [-0.2, -0.15) is 0 Å². The van der Waals surface area contributed by atoms with Crippen LogP contribution in [-0.4, -0.2) is 58.4 Å². The van der Waals surface area contributed by atoms with Gasteiger partial charge in [0.1, 0.15) is 5.82 Å². The van der Waals surface area contributed by atoms with Gasteiger partial charge in [-0.05, 0) is 24.6 Å². The predicted molar refractivity (Wildman–Crippen MR) is 111 cm³/mol. The van der Waals surface area contributed by atoms with Gasteiger partial charge in [-0.15, -0.1) is 0 Å². The van der Waals surface area contributed by atoms with Crippen molar-refractivity contribution in [3.05, 3.63) is 66.0 Å². The molecule has 2 heterocycles. The first-order chi connectivity index (χ1) is 13.7. The van der Waals surface area contributed by atoms with Gasteiger partial charge >= 0.3 is 0 Å². The molecule has 1 amide bonds. The zero-order chi connectivity index (χ0) is 19.3. The molecule has 1 aromatic heterocycles. The molecular formula is C22H27N5O. The van der Waals surface area contributed by atoms with Gasteiger partial charge in [-0.25, -0.2) is 4.98 Å². The van der Waals surface area contributed by atoms with Crippen molar-refractivity contribution < 1.29 is 4.79 Å². The minimum Gasteiger partial charge on any atom is -0.345 e. The number of imidazole rings is 1. The van der Waals surface area contributed by atoms with Gasteiger partial charge in [0.25, 0.3) is 0 Å². The quantitative estimate of drug-likeness (QED) is 0.693. The first-order valence-corrected chi connectivity index (χ1v) is 9.90. The van der Waals surface area contributed by atoms with E-state index in [0.29, 0.717) is 6.54 Å². The van der Waals surface area contributed by atoms with Crippen LogP contribution in [0.4, 0.5) is 0 Å². The highest BCUT2D eigenvalue weighted by molar-refractivity contribution is 5.79. The van der Waals surface area contributed by atoms with Gasteiger partial charge in [0, 0.05) is 32.7 Å². The summed E-state index contributed by atoms with van der Waals surface area (Å²) in [6.07, 6.45) is 0. The molecule has 146 valence electrons. The topological polar surface area (TPSA) is 64.3 Å².